The van der Waals surface area contributed by atoms with E-state index in [-0.39, 0.29) is 0 Å². The minimum Gasteiger partial charge on any atom is -0.360 e. The molecule has 0 aliphatic carbocycles. The quantitative estimate of drug-likeness (QED) is 0.644. The summed E-state index contributed by atoms with van der Waals surface area (Å²) < 4.78 is 0. The number of hydrogen-bond donors (Lipinski definition) is 1. The molecule has 2 aliphatic heterocycles. The second kappa shape index (κ2) is 9.43. The lowest BCUT2D eigenvalue weighted by Gasteiger charge is -2.38. The van der Waals surface area contributed by atoms with Crippen LogP contribution in [0, 0.1) is 5.92 Å². The average Bonchev–Trinajstić information content (AvgIpc) is 3.19. The summed E-state index contributed by atoms with van der Waals surface area (Å²) in [6.45, 7) is 11.4. The number of likely N-dealkylation sites (tertiary alicyclic amines) is 1. The van der Waals surface area contributed by atoms with Crippen LogP contribution in [0.2, 0.25) is 0 Å². The van der Waals surface area contributed by atoms with E-state index in [9.17, 15) is 0 Å². The Hall–Kier alpha value is -1.27. The fourth-order valence-corrected chi connectivity index (χ4v) is 4.67. The van der Waals surface area contributed by atoms with Gasteiger partial charge >= 0.3 is 0 Å². The molecule has 1 aromatic heterocycles. The van der Waals surface area contributed by atoms with Crippen molar-refractivity contribution in [1.29, 1.82) is 0 Å². The van der Waals surface area contributed by atoms with E-state index in [1.807, 2.05) is 18.4 Å². The SMILES string of the molecule is CCCN1CCC(CNC(=NC)N2CCN(c3cccs3)CC2)CC1. The number of nitrogens with one attached hydrogen (secondary N) is 1. The van der Waals surface area contributed by atoms with E-state index >= 15 is 0 Å². The Morgan fingerprint density at radius 3 is 2.56 bits per heavy atom. The number of nitrogens with zero attached hydrogens (tertiary/aromatic N) is 4. The summed E-state index contributed by atoms with van der Waals surface area (Å²) in [6.07, 6.45) is 3.90. The van der Waals surface area contributed by atoms with Crippen molar-refractivity contribution in [2.75, 3.05) is 64.3 Å². The molecule has 3 heterocycles. The molecule has 1 aromatic rings. The molecular weight excluding hydrogens is 330 g/mol. The monoisotopic (exact) mass is 363 g/mol. The maximum atomic E-state index is 4.53. The number of hydrogen-bond acceptors (Lipinski definition) is 4. The van der Waals surface area contributed by atoms with Crippen LogP contribution in [-0.2, 0) is 0 Å². The van der Waals surface area contributed by atoms with Gasteiger partial charge in [-0.05, 0) is 62.3 Å². The Bertz CT molecular complexity index is 514. The first-order chi connectivity index (χ1) is 12.3. The highest BCUT2D eigenvalue weighted by Crippen LogP contribution is 2.22. The highest BCUT2D eigenvalue weighted by atomic mass is 32.1. The lowest BCUT2D eigenvalue weighted by atomic mass is 9.97. The van der Waals surface area contributed by atoms with Gasteiger partial charge in [-0.3, -0.25) is 4.99 Å². The number of aliphatic imine (C=N–C) groups is 1. The predicted octanol–water partition coefficient (Wildman–Crippen LogP) is 2.57. The topological polar surface area (TPSA) is 34.1 Å². The third-order valence-corrected chi connectivity index (χ3v) is 6.33. The summed E-state index contributed by atoms with van der Waals surface area (Å²) in [6, 6.07) is 4.36. The molecule has 0 atom stereocenters. The first kappa shape index (κ1) is 18.5. The molecule has 5 nitrogen and oxygen atoms in total. The maximum Gasteiger partial charge on any atom is 0.193 e. The number of guanidine groups is 1. The van der Waals surface area contributed by atoms with E-state index in [0.29, 0.717) is 0 Å². The third kappa shape index (κ3) is 5.11. The standard InChI is InChI=1S/C19H33N5S/c1-3-8-22-9-6-17(7-10-22)16-21-19(20-2)24-13-11-23(12-14-24)18-5-4-15-25-18/h4-5,15,17H,3,6-14,16H2,1-2H3,(H,20,21). The zero-order valence-corrected chi connectivity index (χ0v) is 16.6. The van der Waals surface area contributed by atoms with Gasteiger partial charge in [0, 0.05) is 39.8 Å². The van der Waals surface area contributed by atoms with Crippen molar-refractivity contribution in [2.45, 2.75) is 26.2 Å². The van der Waals surface area contributed by atoms with Crippen LogP contribution in [-0.4, -0.2) is 75.2 Å². The molecule has 3 rings (SSSR count). The zero-order valence-electron chi connectivity index (χ0n) is 15.8. The van der Waals surface area contributed by atoms with Gasteiger partial charge in [0.05, 0.1) is 5.00 Å². The van der Waals surface area contributed by atoms with Crippen molar-refractivity contribution in [3.05, 3.63) is 17.5 Å². The van der Waals surface area contributed by atoms with Gasteiger partial charge in [0.25, 0.3) is 0 Å². The van der Waals surface area contributed by atoms with E-state index in [4.69, 9.17) is 0 Å². The molecule has 6 heteroatoms. The number of thiophene rings is 1. The van der Waals surface area contributed by atoms with Crippen LogP contribution in [0.1, 0.15) is 26.2 Å². The number of anilines is 1. The van der Waals surface area contributed by atoms with Crippen molar-refractivity contribution >= 4 is 22.3 Å². The molecule has 0 spiro atoms. The first-order valence-corrected chi connectivity index (χ1v) is 10.6. The molecule has 140 valence electrons. The molecule has 0 aromatic carbocycles. The van der Waals surface area contributed by atoms with E-state index in [2.05, 4.69) is 49.4 Å². The Balaban J connectivity index is 1.40. The highest BCUT2D eigenvalue weighted by molar-refractivity contribution is 7.14. The number of piperazine rings is 1. The lowest BCUT2D eigenvalue weighted by Crippen LogP contribution is -2.53. The summed E-state index contributed by atoms with van der Waals surface area (Å²) >= 11 is 1.83. The normalized spacial score (nSPS) is 21.0. The van der Waals surface area contributed by atoms with Crippen LogP contribution in [0.25, 0.3) is 0 Å². The largest absolute Gasteiger partial charge is 0.360 e. The molecule has 0 unspecified atom stereocenters. The van der Waals surface area contributed by atoms with E-state index in [0.717, 1.165) is 44.6 Å². The van der Waals surface area contributed by atoms with E-state index in [1.54, 1.807) is 0 Å². The summed E-state index contributed by atoms with van der Waals surface area (Å²) in [5.41, 5.74) is 0. The second-order valence-corrected chi connectivity index (χ2v) is 8.06. The third-order valence-electron chi connectivity index (χ3n) is 5.40. The first-order valence-electron chi connectivity index (χ1n) is 9.76. The minimum absolute atomic E-state index is 0.789. The second-order valence-electron chi connectivity index (χ2n) is 7.14. The molecule has 1 N–H and O–H groups in total. The van der Waals surface area contributed by atoms with Crippen LogP contribution in [0.4, 0.5) is 5.00 Å². The van der Waals surface area contributed by atoms with Crippen LogP contribution in [0.3, 0.4) is 0 Å². The summed E-state index contributed by atoms with van der Waals surface area (Å²) in [7, 11) is 1.91. The molecule has 2 aliphatic rings. The van der Waals surface area contributed by atoms with Gasteiger partial charge in [0.2, 0.25) is 0 Å². The molecule has 0 amide bonds. The van der Waals surface area contributed by atoms with Crippen LogP contribution in [0.5, 0.6) is 0 Å². The Morgan fingerprint density at radius 1 is 1.20 bits per heavy atom. The molecule has 0 radical (unpaired) electrons. The van der Waals surface area contributed by atoms with Crippen molar-refractivity contribution in [2.24, 2.45) is 10.9 Å². The summed E-state index contributed by atoms with van der Waals surface area (Å²) in [5.74, 6) is 1.87. The molecule has 0 saturated carbocycles. The van der Waals surface area contributed by atoms with Crippen molar-refractivity contribution in [3.63, 3.8) is 0 Å². The molecular formula is C19H33N5S. The average molecular weight is 364 g/mol. The predicted molar refractivity (Wildman–Crippen MR) is 109 cm³/mol. The molecule has 25 heavy (non-hydrogen) atoms. The molecule has 2 saturated heterocycles. The fourth-order valence-electron chi connectivity index (χ4n) is 3.89. The van der Waals surface area contributed by atoms with Gasteiger partial charge in [-0.15, -0.1) is 11.3 Å². The van der Waals surface area contributed by atoms with Gasteiger partial charge < -0.3 is 20.0 Å². The minimum atomic E-state index is 0.789. The lowest BCUT2D eigenvalue weighted by molar-refractivity contribution is 0.184. The van der Waals surface area contributed by atoms with Gasteiger partial charge in [0.15, 0.2) is 5.96 Å². The highest BCUT2D eigenvalue weighted by Gasteiger charge is 2.22. The maximum absolute atomic E-state index is 4.53. The smallest absolute Gasteiger partial charge is 0.193 e. The Labute approximate surface area is 156 Å². The summed E-state index contributed by atoms with van der Waals surface area (Å²) in [4.78, 5) is 12.0. The van der Waals surface area contributed by atoms with Gasteiger partial charge in [-0.1, -0.05) is 6.92 Å². The number of piperidine rings is 1. The van der Waals surface area contributed by atoms with Crippen molar-refractivity contribution in [1.82, 2.24) is 15.1 Å². The zero-order chi connectivity index (χ0) is 17.5. The van der Waals surface area contributed by atoms with Crippen LogP contribution >= 0.6 is 11.3 Å². The van der Waals surface area contributed by atoms with Crippen LogP contribution < -0.4 is 10.2 Å². The molecule has 2 fully saturated rings. The van der Waals surface area contributed by atoms with Crippen molar-refractivity contribution < 1.29 is 0 Å². The van der Waals surface area contributed by atoms with Crippen molar-refractivity contribution in [3.8, 4) is 0 Å². The van der Waals surface area contributed by atoms with Gasteiger partial charge in [-0.2, -0.15) is 0 Å². The van der Waals surface area contributed by atoms with Crippen LogP contribution in [0.15, 0.2) is 22.5 Å². The van der Waals surface area contributed by atoms with E-state index in [1.165, 1.54) is 43.9 Å². The Kier molecular flexibility index (Phi) is 6.99. The van der Waals surface area contributed by atoms with E-state index < -0.39 is 0 Å². The fraction of sp³-hybridized carbons (Fsp3) is 0.737. The Morgan fingerprint density at radius 2 is 1.96 bits per heavy atom. The van der Waals surface area contributed by atoms with Gasteiger partial charge in [0.1, 0.15) is 0 Å². The molecule has 0 bridgehead atoms. The summed E-state index contributed by atoms with van der Waals surface area (Å²) in [5, 5.41) is 7.20. The van der Waals surface area contributed by atoms with Gasteiger partial charge in [-0.25, -0.2) is 0 Å². The number of rotatable bonds is 5.